The van der Waals surface area contributed by atoms with Crippen molar-refractivity contribution >= 4 is 5.95 Å². The number of anilines is 1. The van der Waals surface area contributed by atoms with Crippen molar-refractivity contribution in [2.24, 2.45) is 0 Å². The highest BCUT2D eigenvalue weighted by molar-refractivity contribution is 5.31. The molecule has 1 aromatic heterocycles. The van der Waals surface area contributed by atoms with Crippen LogP contribution >= 0.6 is 0 Å². The quantitative estimate of drug-likeness (QED) is 0.747. The molecule has 1 saturated heterocycles. The molecule has 0 spiro atoms. The first-order valence-electron chi connectivity index (χ1n) is 5.03. The van der Waals surface area contributed by atoms with Crippen LogP contribution in [0.5, 0.6) is 0 Å². The fourth-order valence-corrected chi connectivity index (χ4v) is 1.62. The van der Waals surface area contributed by atoms with Crippen LogP contribution in [0.15, 0.2) is 12.4 Å². The SMILES string of the molecule is CCc1cnc(N2CC[C@H](O)C2)nc1. The number of aliphatic hydroxyl groups excluding tert-OH is 1. The van der Waals surface area contributed by atoms with E-state index in [0.717, 1.165) is 30.9 Å². The third kappa shape index (κ3) is 1.85. The maximum Gasteiger partial charge on any atom is 0.225 e. The largest absolute Gasteiger partial charge is 0.391 e. The molecular weight excluding hydrogens is 178 g/mol. The van der Waals surface area contributed by atoms with E-state index < -0.39 is 0 Å². The van der Waals surface area contributed by atoms with Gasteiger partial charge in [0.05, 0.1) is 6.10 Å². The highest BCUT2D eigenvalue weighted by Gasteiger charge is 2.21. The number of hydrogen-bond donors (Lipinski definition) is 1. The van der Waals surface area contributed by atoms with Gasteiger partial charge in [0.25, 0.3) is 0 Å². The van der Waals surface area contributed by atoms with Gasteiger partial charge in [-0.05, 0) is 18.4 Å². The zero-order chi connectivity index (χ0) is 9.97. The van der Waals surface area contributed by atoms with E-state index in [0.29, 0.717) is 6.54 Å². The molecule has 4 nitrogen and oxygen atoms in total. The minimum Gasteiger partial charge on any atom is -0.391 e. The van der Waals surface area contributed by atoms with Gasteiger partial charge in [0, 0.05) is 25.5 Å². The van der Waals surface area contributed by atoms with Crippen LogP contribution in [0.3, 0.4) is 0 Å². The fraction of sp³-hybridized carbons (Fsp3) is 0.600. The Bertz CT molecular complexity index is 299. The second kappa shape index (κ2) is 3.92. The number of rotatable bonds is 2. The van der Waals surface area contributed by atoms with Gasteiger partial charge in [-0.25, -0.2) is 9.97 Å². The minimum atomic E-state index is -0.218. The molecule has 14 heavy (non-hydrogen) atoms. The monoisotopic (exact) mass is 193 g/mol. The molecule has 0 amide bonds. The summed E-state index contributed by atoms with van der Waals surface area (Å²) in [5, 5.41) is 9.36. The topological polar surface area (TPSA) is 49.2 Å². The molecule has 1 N–H and O–H groups in total. The summed E-state index contributed by atoms with van der Waals surface area (Å²) in [6.45, 7) is 3.59. The molecule has 1 aliphatic rings. The molecule has 2 rings (SSSR count). The van der Waals surface area contributed by atoms with Crippen molar-refractivity contribution in [2.45, 2.75) is 25.9 Å². The van der Waals surface area contributed by atoms with Gasteiger partial charge in [-0.15, -0.1) is 0 Å². The Hall–Kier alpha value is -1.16. The van der Waals surface area contributed by atoms with E-state index in [1.165, 1.54) is 0 Å². The van der Waals surface area contributed by atoms with Gasteiger partial charge < -0.3 is 10.0 Å². The lowest BCUT2D eigenvalue weighted by Crippen LogP contribution is -2.23. The zero-order valence-corrected chi connectivity index (χ0v) is 8.35. The number of nitrogens with zero attached hydrogens (tertiary/aromatic N) is 3. The lowest BCUT2D eigenvalue weighted by Gasteiger charge is -2.14. The number of aromatic nitrogens is 2. The standard InChI is InChI=1S/C10H15N3O/c1-2-8-5-11-10(12-6-8)13-4-3-9(14)7-13/h5-6,9,14H,2-4,7H2,1H3/t9-/m0/s1. The van der Waals surface area contributed by atoms with Crippen LogP contribution in [0.25, 0.3) is 0 Å². The zero-order valence-electron chi connectivity index (χ0n) is 8.35. The predicted molar refractivity (Wildman–Crippen MR) is 54.2 cm³/mol. The van der Waals surface area contributed by atoms with Crippen molar-refractivity contribution in [3.63, 3.8) is 0 Å². The average molecular weight is 193 g/mol. The van der Waals surface area contributed by atoms with Crippen LogP contribution in [-0.2, 0) is 6.42 Å². The summed E-state index contributed by atoms with van der Waals surface area (Å²) < 4.78 is 0. The molecule has 0 saturated carbocycles. The maximum absolute atomic E-state index is 9.36. The first-order valence-corrected chi connectivity index (χ1v) is 5.03. The van der Waals surface area contributed by atoms with Gasteiger partial charge in [0.1, 0.15) is 0 Å². The van der Waals surface area contributed by atoms with Crippen LogP contribution in [0.1, 0.15) is 18.9 Å². The molecule has 2 heterocycles. The Morgan fingerprint density at radius 2 is 2.21 bits per heavy atom. The highest BCUT2D eigenvalue weighted by atomic mass is 16.3. The summed E-state index contributed by atoms with van der Waals surface area (Å²) in [7, 11) is 0. The van der Waals surface area contributed by atoms with Crippen LogP contribution in [-0.4, -0.2) is 34.3 Å². The molecule has 1 fully saturated rings. The van der Waals surface area contributed by atoms with E-state index in [9.17, 15) is 5.11 Å². The number of β-amino-alcohol motifs (C(OH)–C–C–N with tert-alkyl or cyclic N) is 1. The summed E-state index contributed by atoms with van der Waals surface area (Å²) in [5.41, 5.74) is 1.15. The molecule has 4 heteroatoms. The Morgan fingerprint density at radius 1 is 1.50 bits per heavy atom. The van der Waals surface area contributed by atoms with Crippen molar-refractivity contribution in [1.82, 2.24) is 9.97 Å². The van der Waals surface area contributed by atoms with E-state index in [2.05, 4.69) is 16.9 Å². The van der Waals surface area contributed by atoms with Crippen LogP contribution < -0.4 is 4.90 Å². The Labute approximate surface area is 83.6 Å². The minimum absolute atomic E-state index is 0.218. The summed E-state index contributed by atoms with van der Waals surface area (Å²) in [4.78, 5) is 10.6. The summed E-state index contributed by atoms with van der Waals surface area (Å²) in [6, 6.07) is 0. The molecule has 0 radical (unpaired) electrons. The second-order valence-corrected chi connectivity index (χ2v) is 3.63. The van der Waals surface area contributed by atoms with Crippen molar-refractivity contribution < 1.29 is 5.11 Å². The lowest BCUT2D eigenvalue weighted by atomic mass is 10.3. The van der Waals surface area contributed by atoms with Gasteiger partial charge in [-0.3, -0.25) is 0 Å². The number of hydrogen-bond acceptors (Lipinski definition) is 4. The Balaban J connectivity index is 2.09. The van der Waals surface area contributed by atoms with E-state index in [1.807, 2.05) is 17.3 Å². The first-order chi connectivity index (χ1) is 6.79. The van der Waals surface area contributed by atoms with Crippen LogP contribution in [0.4, 0.5) is 5.95 Å². The van der Waals surface area contributed by atoms with Crippen LogP contribution in [0, 0.1) is 0 Å². The van der Waals surface area contributed by atoms with Gasteiger partial charge in [0.15, 0.2) is 0 Å². The van der Waals surface area contributed by atoms with Crippen molar-refractivity contribution in [1.29, 1.82) is 0 Å². The molecule has 0 aromatic carbocycles. The summed E-state index contributed by atoms with van der Waals surface area (Å²) in [6.07, 6.45) is 5.27. The van der Waals surface area contributed by atoms with Gasteiger partial charge in [-0.1, -0.05) is 6.92 Å². The molecule has 1 aliphatic heterocycles. The molecule has 1 atom stereocenters. The first kappa shape index (κ1) is 9.40. The average Bonchev–Trinajstić information content (AvgIpc) is 2.65. The summed E-state index contributed by atoms with van der Waals surface area (Å²) in [5.74, 6) is 0.735. The Morgan fingerprint density at radius 3 is 2.71 bits per heavy atom. The molecule has 76 valence electrons. The number of aliphatic hydroxyl groups is 1. The second-order valence-electron chi connectivity index (χ2n) is 3.63. The maximum atomic E-state index is 9.36. The molecule has 0 aliphatic carbocycles. The smallest absolute Gasteiger partial charge is 0.225 e. The molecular formula is C10H15N3O. The third-order valence-corrected chi connectivity index (χ3v) is 2.55. The van der Waals surface area contributed by atoms with E-state index in [4.69, 9.17) is 0 Å². The van der Waals surface area contributed by atoms with Gasteiger partial charge in [0.2, 0.25) is 5.95 Å². The van der Waals surface area contributed by atoms with Crippen LogP contribution in [0.2, 0.25) is 0 Å². The highest BCUT2D eigenvalue weighted by Crippen LogP contribution is 2.15. The molecule has 0 bridgehead atoms. The third-order valence-electron chi connectivity index (χ3n) is 2.55. The molecule has 1 aromatic rings. The van der Waals surface area contributed by atoms with Crippen molar-refractivity contribution in [3.8, 4) is 0 Å². The van der Waals surface area contributed by atoms with Gasteiger partial charge in [-0.2, -0.15) is 0 Å². The number of aryl methyl sites for hydroxylation is 1. The van der Waals surface area contributed by atoms with Crippen molar-refractivity contribution in [3.05, 3.63) is 18.0 Å². The lowest BCUT2D eigenvalue weighted by molar-refractivity contribution is 0.198. The van der Waals surface area contributed by atoms with Gasteiger partial charge >= 0.3 is 0 Å². The summed E-state index contributed by atoms with van der Waals surface area (Å²) >= 11 is 0. The van der Waals surface area contributed by atoms with E-state index in [-0.39, 0.29) is 6.10 Å². The normalized spacial score (nSPS) is 21.6. The van der Waals surface area contributed by atoms with E-state index >= 15 is 0 Å². The fourth-order valence-electron chi connectivity index (χ4n) is 1.62. The predicted octanol–water partition coefficient (Wildman–Crippen LogP) is 0.610. The van der Waals surface area contributed by atoms with E-state index in [1.54, 1.807) is 0 Å². The van der Waals surface area contributed by atoms with Crippen molar-refractivity contribution in [2.75, 3.05) is 18.0 Å². The Kier molecular flexibility index (Phi) is 2.63. The molecule has 0 unspecified atom stereocenters.